The SMILES string of the molecule is O=C(O)CCCN1C(=O)C2C3CC(C2C1=O)C1C3Sc2[nH]c(=O)sc2[C@@H]1c1cccc(OCC(=O)Nc2ccc(Cl)c(Cl)c2)c1. The Kier molecular flexibility index (Phi) is 7.95. The molecule has 7 rings (SSSR count). The standard InChI is InChI=1S/C31H27Cl2N3O7S2/c32-18-7-6-14(10-19(18)33)34-20(37)12-43-15-4-1-3-13(9-15)22-23-16-11-17(26(23)44-28-27(22)45-31(42)35-28)25-24(16)29(40)36(30(25)41)8-2-5-21(38)39/h1,3-4,6-7,9-10,16-17,22-26H,2,5,8,11-12H2,(H,34,37)(H,35,42)(H,38,39)/t16?,17?,22-,23?,24?,25?,26?/m1/s1. The van der Waals surface area contributed by atoms with E-state index in [1.165, 1.54) is 4.90 Å². The van der Waals surface area contributed by atoms with E-state index in [2.05, 4.69) is 10.3 Å². The summed E-state index contributed by atoms with van der Waals surface area (Å²) in [4.78, 5) is 68.3. The van der Waals surface area contributed by atoms with Gasteiger partial charge >= 0.3 is 10.8 Å². The molecule has 3 N–H and O–H groups in total. The number of likely N-dealkylation sites (tertiary alicyclic amines) is 1. The molecule has 3 heterocycles. The van der Waals surface area contributed by atoms with Gasteiger partial charge in [0.15, 0.2) is 6.61 Å². The number of carbonyl (C=O) groups excluding carboxylic acids is 3. The van der Waals surface area contributed by atoms with Gasteiger partial charge in [0.25, 0.3) is 5.91 Å². The fourth-order valence-corrected chi connectivity index (χ4v) is 11.0. The maximum absolute atomic E-state index is 13.6. The first-order valence-electron chi connectivity index (χ1n) is 14.5. The normalized spacial score (nSPS) is 27.7. The second-order valence-electron chi connectivity index (χ2n) is 11.8. The third-order valence-electron chi connectivity index (χ3n) is 9.38. The molecule has 3 aromatic rings. The van der Waals surface area contributed by atoms with Gasteiger partial charge in [-0.05, 0) is 66.5 Å². The highest BCUT2D eigenvalue weighted by atomic mass is 35.5. The summed E-state index contributed by atoms with van der Waals surface area (Å²) in [6.07, 6.45) is 0.868. The third-order valence-corrected chi connectivity index (χ3v) is 12.7. The molecule has 4 aliphatic rings. The average Bonchev–Trinajstić information content (AvgIpc) is 3.73. The van der Waals surface area contributed by atoms with E-state index in [-0.39, 0.29) is 77.5 Å². The smallest absolute Gasteiger partial charge is 0.305 e. The molecule has 3 fully saturated rings. The Morgan fingerprint density at radius 3 is 2.58 bits per heavy atom. The lowest BCUT2D eigenvalue weighted by Crippen LogP contribution is -2.42. The van der Waals surface area contributed by atoms with Gasteiger partial charge in [-0.15, -0.1) is 11.8 Å². The van der Waals surface area contributed by atoms with Crippen molar-refractivity contribution in [2.45, 2.75) is 35.5 Å². The topological polar surface area (TPSA) is 146 Å². The van der Waals surface area contributed by atoms with E-state index in [4.69, 9.17) is 33.0 Å². The first-order chi connectivity index (χ1) is 21.6. The Morgan fingerprint density at radius 2 is 1.82 bits per heavy atom. The number of fused-ring (bicyclic) bond motifs is 9. The lowest BCUT2D eigenvalue weighted by atomic mass is 9.68. The number of benzene rings is 2. The number of thioether (sulfide) groups is 1. The molecule has 2 aliphatic heterocycles. The van der Waals surface area contributed by atoms with Crippen LogP contribution >= 0.6 is 46.3 Å². The van der Waals surface area contributed by atoms with Crippen molar-refractivity contribution in [3.63, 3.8) is 0 Å². The van der Waals surface area contributed by atoms with E-state index in [1.54, 1.807) is 36.0 Å². The Balaban J connectivity index is 1.13. The molecule has 1 aromatic heterocycles. The molecule has 10 nitrogen and oxygen atoms in total. The highest BCUT2D eigenvalue weighted by Gasteiger charge is 2.69. The van der Waals surface area contributed by atoms with Crippen LogP contribution in [0, 0.1) is 29.6 Å². The largest absolute Gasteiger partial charge is 0.484 e. The molecule has 0 spiro atoms. The van der Waals surface area contributed by atoms with E-state index in [0.29, 0.717) is 21.5 Å². The average molecular weight is 689 g/mol. The van der Waals surface area contributed by atoms with Crippen LogP contribution in [-0.2, 0) is 19.2 Å². The molecule has 2 aliphatic carbocycles. The molecular formula is C31H27Cl2N3O7S2. The van der Waals surface area contributed by atoms with Gasteiger partial charge in [0.2, 0.25) is 11.8 Å². The van der Waals surface area contributed by atoms with Crippen molar-refractivity contribution in [3.8, 4) is 5.75 Å². The van der Waals surface area contributed by atoms with Crippen LogP contribution in [0.4, 0.5) is 5.69 Å². The Morgan fingerprint density at radius 1 is 1.04 bits per heavy atom. The molecule has 2 bridgehead atoms. The number of nitrogens with one attached hydrogen (secondary N) is 2. The summed E-state index contributed by atoms with van der Waals surface area (Å²) in [5, 5.41) is 13.3. The number of halogens is 2. The van der Waals surface area contributed by atoms with Gasteiger partial charge in [0.05, 0.1) is 26.9 Å². The van der Waals surface area contributed by atoms with Crippen molar-refractivity contribution in [3.05, 3.63) is 72.6 Å². The number of nitrogens with zero attached hydrogens (tertiary/aromatic N) is 1. The predicted octanol–water partition coefficient (Wildman–Crippen LogP) is 5.10. The lowest BCUT2D eigenvalue weighted by molar-refractivity contribution is -0.142. The van der Waals surface area contributed by atoms with Gasteiger partial charge in [-0.2, -0.15) is 0 Å². The number of H-pyrrole nitrogens is 1. The lowest BCUT2D eigenvalue weighted by Gasteiger charge is -2.43. The molecule has 45 heavy (non-hydrogen) atoms. The number of amides is 3. The Bertz CT molecular complexity index is 1790. The fourth-order valence-electron chi connectivity index (χ4n) is 7.78. The van der Waals surface area contributed by atoms with E-state index in [1.807, 2.05) is 18.2 Å². The van der Waals surface area contributed by atoms with Gasteiger partial charge in [0, 0.05) is 34.7 Å². The van der Waals surface area contributed by atoms with Crippen LogP contribution < -0.4 is 14.9 Å². The summed E-state index contributed by atoms with van der Waals surface area (Å²) in [5.74, 6) is -2.42. The van der Waals surface area contributed by atoms with Gasteiger partial charge in [-0.3, -0.25) is 28.9 Å². The highest BCUT2D eigenvalue weighted by molar-refractivity contribution is 8.00. The molecule has 3 amide bonds. The molecule has 234 valence electrons. The monoisotopic (exact) mass is 687 g/mol. The van der Waals surface area contributed by atoms with Crippen LogP contribution in [0.2, 0.25) is 10.0 Å². The minimum Gasteiger partial charge on any atom is -0.484 e. The minimum atomic E-state index is -0.960. The number of carbonyl (C=O) groups is 4. The zero-order valence-corrected chi connectivity index (χ0v) is 26.7. The second kappa shape index (κ2) is 11.8. The van der Waals surface area contributed by atoms with Crippen LogP contribution in [0.15, 0.2) is 52.3 Å². The first-order valence-corrected chi connectivity index (χ1v) is 17.0. The number of hydrogen-bond acceptors (Lipinski definition) is 8. The highest BCUT2D eigenvalue weighted by Crippen LogP contribution is 2.68. The number of anilines is 1. The number of aromatic nitrogens is 1. The summed E-state index contributed by atoms with van der Waals surface area (Å²) in [5.41, 5.74) is 1.39. The quantitative estimate of drug-likeness (QED) is 0.264. The van der Waals surface area contributed by atoms with Crippen LogP contribution in [0.3, 0.4) is 0 Å². The van der Waals surface area contributed by atoms with Crippen molar-refractivity contribution in [2.75, 3.05) is 18.5 Å². The van der Waals surface area contributed by atoms with Crippen LogP contribution in [0.1, 0.15) is 35.6 Å². The predicted molar refractivity (Wildman–Crippen MR) is 169 cm³/mol. The van der Waals surface area contributed by atoms with E-state index in [9.17, 15) is 24.0 Å². The molecule has 2 aromatic carbocycles. The number of ether oxygens (including phenoxy) is 1. The maximum Gasteiger partial charge on any atom is 0.305 e. The summed E-state index contributed by atoms with van der Waals surface area (Å²) >= 11 is 14.8. The summed E-state index contributed by atoms with van der Waals surface area (Å²) in [6, 6.07) is 12.2. The van der Waals surface area contributed by atoms with E-state index in [0.717, 1.165) is 33.2 Å². The van der Waals surface area contributed by atoms with Crippen molar-refractivity contribution in [1.29, 1.82) is 0 Å². The van der Waals surface area contributed by atoms with Crippen molar-refractivity contribution < 1.29 is 29.0 Å². The van der Waals surface area contributed by atoms with Crippen molar-refractivity contribution in [2.24, 2.45) is 29.6 Å². The van der Waals surface area contributed by atoms with Crippen LogP contribution in [0.5, 0.6) is 5.75 Å². The number of carboxylic acids is 1. The summed E-state index contributed by atoms with van der Waals surface area (Å²) in [7, 11) is 0. The van der Waals surface area contributed by atoms with Crippen molar-refractivity contribution >= 4 is 75.7 Å². The number of thiazole rings is 1. The molecule has 14 heteroatoms. The fraction of sp³-hybridized carbons (Fsp3) is 0.387. The number of aliphatic carboxylic acids is 1. The molecule has 6 unspecified atom stereocenters. The third kappa shape index (κ3) is 5.35. The second-order valence-corrected chi connectivity index (χ2v) is 14.8. The van der Waals surface area contributed by atoms with Crippen LogP contribution in [0.25, 0.3) is 0 Å². The Labute approximate surface area is 275 Å². The van der Waals surface area contributed by atoms with Gasteiger partial charge in [0.1, 0.15) is 5.75 Å². The van der Waals surface area contributed by atoms with E-state index < -0.39 is 17.8 Å². The van der Waals surface area contributed by atoms with E-state index >= 15 is 0 Å². The molecule has 0 radical (unpaired) electrons. The van der Waals surface area contributed by atoms with Crippen LogP contribution in [-0.4, -0.2) is 57.1 Å². The molecule has 1 saturated heterocycles. The molecule has 7 atom stereocenters. The Hall–Kier alpha value is -3.32. The van der Waals surface area contributed by atoms with Gasteiger partial charge in [-0.25, -0.2) is 0 Å². The van der Waals surface area contributed by atoms with Gasteiger partial charge < -0.3 is 20.1 Å². The number of aromatic amines is 1. The summed E-state index contributed by atoms with van der Waals surface area (Å²) in [6.45, 7) is -0.136. The molecular weight excluding hydrogens is 661 g/mol. The zero-order chi connectivity index (χ0) is 31.6. The number of imide groups is 1. The van der Waals surface area contributed by atoms with Crippen molar-refractivity contribution in [1.82, 2.24) is 9.88 Å². The maximum atomic E-state index is 13.6. The van der Waals surface area contributed by atoms with Gasteiger partial charge in [-0.1, -0.05) is 46.7 Å². The number of rotatable bonds is 9. The minimum absolute atomic E-state index is 0.00382. The number of hydrogen-bond donors (Lipinski definition) is 3. The summed E-state index contributed by atoms with van der Waals surface area (Å²) < 4.78 is 5.87. The first kappa shape index (κ1) is 30.3. The number of carboxylic acid groups (broad SMARTS) is 1. The zero-order valence-electron chi connectivity index (χ0n) is 23.5. The molecule has 2 saturated carbocycles.